The molecule has 114 valence electrons. The third-order valence-corrected chi connectivity index (χ3v) is 3.74. The van der Waals surface area contributed by atoms with Gasteiger partial charge in [0.05, 0.1) is 12.7 Å². The van der Waals surface area contributed by atoms with Crippen LogP contribution in [0.1, 0.15) is 11.4 Å². The largest absolute Gasteiger partial charge is 0.463 e. The normalized spacial score (nSPS) is 13.8. The maximum Gasteiger partial charge on any atom is 0.262 e. The molecule has 3 heterocycles. The second-order valence-electron chi connectivity index (χ2n) is 5.26. The van der Waals surface area contributed by atoms with Crippen molar-refractivity contribution in [1.82, 2.24) is 15.0 Å². The molecule has 0 spiro atoms. The van der Waals surface area contributed by atoms with E-state index in [1.54, 1.807) is 6.33 Å². The van der Waals surface area contributed by atoms with Crippen LogP contribution in [0.2, 0.25) is 0 Å². The first-order valence-electron chi connectivity index (χ1n) is 7.40. The van der Waals surface area contributed by atoms with Crippen LogP contribution in [0.5, 0.6) is 0 Å². The van der Waals surface area contributed by atoms with Gasteiger partial charge in [0.15, 0.2) is 5.52 Å². The molecule has 23 heavy (non-hydrogen) atoms. The minimum atomic E-state index is 0.518. The molecule has 1 aliphatic rings. The summed E-state index contributed by atoms with van der Waals surface area (Å²) in [6.07, 6.45) is 8.02. The van der Waals surface area contributed by atoms with E-state index >= 15 is 0 Å². The molecule has 0 aliphatic carbocycles. The quantitative estimate of drug-likeness (QED) is 0.723. The van der Waals surface area contributed by atoms with Crippen molar-refractivity contribution < 1.29 is 9.30 Å². The minimum Gasteiger partial charge on any atom is -0.463 e. The zero-order valence-corrected chi connectivity index (χ0v) is 12.4. The Morgan fingerprint density at radius 2 is 2.13 bits per heavy atom. The van der Waals surface area contributed by atoms with Crippen molar-refractivity contribution in [3.8, 4) is 0 Å². The third-order valence-electron chi connectivity index (χ3n) is 3.74. The topological polar surface area (TPSA) is 80.7 Å². The van der Waals surface area contributed by atoms with Gasteiger partial charge in [0, 0.05) is 6.08 Å². The standard InChI is InChI=1S/C17H15N5O/c18-16-15-17(20-11-19-15)21-13(10-12-6-2-1-3-7-12)22(16)14-8-4-5-9-23-14/h1-8,11H,9-10H2,(H2,18,19,20)/p+1. The van der Waals surface area contributed by atoms with Gasteiger partial charge < -0.3 is 15.5 Å². The number of ether oxygens (including phenoxy) is 1. The summed E-state index contributed by atoms with van der Waals surface area (Å²) in [6, 6.07) is 10.1. The highest BCUT2D eigenvalue weighted by Crippen LogP contribution is 2.17. The van der Waals surface area contributed by atoms with Gasteiger partial charge in [-0.2, -0.15) is 4.57 Å². The van der Waals surface area contributed by atoms with E-state index in [4.69, 9.17) is 10.5 Å². The maximum atomic E-state index is 6.36. The Kier molecular flexibility index (Phi) is 3.27. The van der Waals surface area contributed by atoms with E-state index in [1.165, 1.54) is 0 Å². The van der Waals surface area contributed by atoms with Gasteiger partial charge in [0.2, 0.25) is 0 Å². The Balaban J connectivity index is 1.90. The molecule has 0 fully saturated rings. The summed E-state index contributed by atoms with van der Waals surface area (Å²) >= 11 is 0. The predicted molar refractivity (Wildman–Crippen MR) is 87.1 cm³/mol. The molecular weight excluding hydrogens is 290 g/mol. The molecule has 0 bridgehead atoms. The number of nitrogens with two attached hydrogens (primary N) is 1. The summed E-state index contributed by atoms with van der Waals surface area (Å²) in [4.78, 5) is 11.9. The van der Waals surface area contributed by atoms with Gasteiger partial charge in [-0.3, -0.25) is 0 Å². The molecule has 1 aromatic carbocycles. The van der Waals surface area contributed by atoms with Crippen LogP contribution in [0.25, 0.3) is 17.0 Å². The Labute approximate surface area is 133 Å². The Morgan fingerprint density at radius 1 is 1.26 bits per heavy atom. The van der Waals surface area contributed by atoms with E-state index < -0.39 is 0 Å². The van der Waals surface area contributed by atoms with Crippen molar-refractivity contribution in [3.05, 3.63) is 66.3 Å². The molecule has 0 amide bonds. The molecule has 0 unspecified atom stereocenters. The summed E-state index contributed by atoms with van der Waals surface area (Å²) in [5, 5.41) is 0. The van der Waals surface area contributed by atoms with Crippen molar-refractivity contribution in [1.29, 1.82) is 0 Å². The number of hydrogen-bond donors (Lipinski definition) is 2. The summed E-state index contributed by atoms with van der Waals surface area (Å²) in [5.74, 6) is 2.00. The highest BCUT2D eigenvalue weighted by atomic mass is 16.5. The Morgan fingerprint density at radius 3 is 2.91 bits per heavy atom. The lowest BCUT2D eigenvalue weighted by molar-refractivity contribution is -0.596. The fourth-order valence-electron chi connectivity index (χ4n) is 2.65. The number of aromatic nitrogens is 4. The second-order valence-corrected chi connectivity index (χ2v) is 5.26. The van der Waals surface area contributed by atoms with Crippen LogP contribution in [-0.2, 0) is 11.2 Å². The van der Waals surface area contributed by atoms with Crippen molar-refractivity contribution in [2.24, 2.45) is 0 Å². The number of H-pyrrole nitrogens is 1. The summed E-state index contributed by atoms with van der Waals surface area (Å²) < 4.78 is 7.58. The van der Waals surface area contributed by atoms with Crippen LogP contribution in [0, 0.1) is 0 Å². The zero-order chi connectivity index (χ0) is 15.6. The van der Waals surface area contributed by atoms with E-state index in [9.17, 15) is 0 Å². The van der Waals surface area contributed by atoms with Crippen LogP contribution in [-0.4, -0.2) is 21.6 Å². The number of nitrogen functional groups attached to an aromatic ring is 1. The molecule has 0 atom stereocenters. The fraction of sp³-hybridized carbons (Fsp3) is 0.118. The molecule has 0 radical (unpaired) electrons. The van der Waals surface area contributed by atoms with E-state index in [-0.39, 0.29) is 0 Å². The molecule has 6 nitrogen and oxygen atoms in total. The summed E-state index contributed by atoms with van der Waals surface area (Å²) in [5.41, 5.74) is 8.82. The first kappa shape index (κ1) is 13.5. The maximum absolute atomic E-state index is 6.36. The lowest BCUT2D eigenvalue weighted by Crippen LogP contribution is -2.43. The second kappa shape index (κ2) is 5.57. The number of hydrogen-bond acceptors (Lipinski definition) is 4. The number of nitrogens with one attached hydrogen (secondary N) is 1. The highest BCUT2D eigenvalue weighted by molar-refractivity contribution is 5.79. The number of benzene rings is 1. The SMILES string of the molecule is Nc1c2[nH]cnc2nc(Cc2ccccc2)[n+]1C1=CC=CCO1. The highest BCUT2D eigenvalue weighted by Gasteiger charge is 2.24. The minimum absolute atomic E-state index is 0.518. The average molecular weight is 306 g/mol. The first-order valence-corrected chi connectivity index (χ1v) is 7.40. The molecule has 0 saturated heterocycles. The zero-order valence-electron chi connectivity index (χ0n) is 12.4. The van der Waals surface area contributed by atoms with Crippen molar-refractivity contribution in [2.75, 3.05) is 12.3 Å². The Bertz CT molecular complexity index is 911. The van der Waals surface area contributed by atoms with Gasteiger partial charge in [-0.05, 0) is 11.6 Å². The third kappa shape index (κ3) is 2.44. The number of imidazole rings is 1. The number of rotatable bonds is 3. The molecule has 4 rings (SSSR count). The fourth-order valence-corrected chi connectivity index (χ4v) is 2.65. The monoisotopic (exact) mass is 306 g/mol. The molecule has 3 aromatic rings. The number of anilines is 1. The lowest BCUT2D eigenvalue weighted by Gasteiger charge is -2.14. The molecule has 6 heteroatoms. The van der Waals surface area contributed by atoms with Gasteiger partial charge in [-0.15, -0.1) is 0 Å². The molecular formula is C17H16N5O+. The number of nitrogens with zero attached hydrogens (tertiary/aromatic N) is 3. The van der Waals surface area contributed by atoms with Crippen molar-refractivity contribution in [3.63, 3.8) is 0 Å². The van der Waals surface area contributed by atoms with Gasteiger partial charge in [0.1, 0.15) is 6.61 Å². The predicted octanol–water partition coefficient (Wildman–Crippen LogP) is 1.80. The van der Waals surface area contributed by atoms with Crippen LogP contribution >= 0.6 is 0 Å². The average Bonchev–Trinajstić information content (AvgIpc) is 3.06. The van der Waals surface area contributed by atoms with Crippen LogP contribution < -0.4 is 10.3 Å². The van der Waals surface area contributed by atoms with Gasteiger partial charge in [0.25, 0.3) is 23.2 Å². The smallest absolute Gasteiger partial charge is 0.262 e. The number of aromatic amines is 1. The van der Waals surface area contributed by atoms with E-state index in [2.05, 4.69) is 27.1 Å². The molecule has 2 aromatic heterocycles. The molecule has 3 N–H and O–H groups in total. The van der Waals surface area contributed by atoms with E-state index in [1.807, 2.05) is 41.0 Å². The molecule has 1 aliphatic heterocycles. The van der Waals surface area contributed by atoms with Crippen LogP contribution in [0.15, 0.2) is 54.9 Å². The lowest BCUT2D eigenvalue weighted by atomic mass is 10.1. The van der Waals surface area contributed by atoms with Crippen LogP contribution in [0.3, 0.4) is 0 Å². The van der Waals surface area contributed by atoms with Gasteiger partial charge in [-0.25, -0.2) is 4.98 Å². The van der Waals surface area contributed by atoms with Crippen LogP contribution in [0.4, 0.5) is 5.82 Å². The Hall–Kier alpha value is -3.15. The summed E-state index contributed by atoms with van der Waals surface area (Å²) in [6.45, 7) is 0.518. The van der Waals surface area contributed by atoms with E-state index in [0.717, 1.165) is 11.4 Å². The molecule has 0 saturated carbocycles. The number of allylic oxidation sites excluding steroid dienone is 2. The van der Waals surface area contributed by atoms with Gasteiger partial charge in [-0.1, -0.05) is 41.4 Å². The number of fused-ring (bicyclic) bond motifs is 1. The van der Waals surface area contributed by atoms with Crippen molar-refractivity contribution in [2.45, 2.75) is 6.42 Å². The van der Waals surface area contributed by atoms with Gasteiger partial charge >= 0.3 is 0 Å². The van der Waals surface area contributed by atoms with Crippen molar-refractivity contribution >= 4 is 22.9 Å². The first-order chi connectivity index (χ1) is 11.3. The summed E-state index contributed by atoms with van der Waals surface area (Å²) in [7, 11) is 0. The van der Waals surface area contributed by atoms with E-state index in [0.29, 0.717) is 35.9 Å².